The predicted molar refractivity (Wildman–Crippen MR) is 101 cm³/mol. The molecule has 2 aliphatic rings. The molecule has 26 heavy (non-hydrogen) atoms. The molecule has 2 aromatic heterocycles. The standard InChI is InChI=1S/C16H17F2N3O2S2.ClH/c17-16(18)8-10(19-9-16)14(22)20-2-4-21(5-3-20)15(23)13-7-12-11(25-13)1-6-24-12;/h1,6-7,10,19H,2-5,8-9H2;1H. The maximum Gasteiger partial charge on any atom is 0.264 e. The van der Waals surface area contributed by atoms with Gasteiger partial charge in [0.1, 0.15) is 0 Å². The number of amides is 2. The highest BCUT2D eigenvalue weighted by molar-refractivity contribution is 7.27. The summed E-state index contributed by atoms with van der Waals surface area (Å²) in [5.41, 5.74) is 0. The molecule has 2 amide bonds. The summed E-state index contributed by atoms with van der Waals surface area (Å²) >= 11 is 3.09. The van der Waals surface area contributed by atoms with Crippen molar-refractivity contribution in [1.29, 1.82) is 0 Å². The van der Waals surface area contributed by atoms with Gasteiger partial charge in [-0.25, -0.2) is 8.78 Å². The molecule has 1 unspecified atom stereocenters. The number of nitrogens with zero attached hydrogens (tertiary/aromatic N) is 2. The minimum Gasteiger partial charge on any atom is -0.338 e. The fraction of sp³-hybridized carbons (Fsp3) is 0.500. The number of hydrogen-bond donors (Lipinski definition) is 1. The highest BCUT2D eigenvalue weighted by Crippen LogP contribution is 2.31. The summed E-state index contributed by atoms with van der Waals surface area (Å²) in [5.74, 6) is -3.13. The van der Waals surface area contributed by atoms with E-state index in [0.717, 1.165) is 9.40 Å². The molecule has 2 fully saturated rings. The van der Waals surface area contributed by atoms with Crippen molar-refractivity contribution in [2.24, 2.45) is 0 Å². The van der Waals surface area contributed by atoms with Crippen molar-refractivity contribution in [2.75, 3.05) is 32.7 Å². The van der Waals surface area contributed by atoms with Crippen LogP contribution in [0.1, 0.15) is 16.1 Å². The largest absolute Gasteiger partial charge is 0.338 e. The number of rotatable bonds is 2. The van der Waals surface area contributed by atoms with Gasteiger partial charge in [0, 0.05) is 42.0 Å². The van der Waals surface area contributed by atoms with Crippen LogP contribution in [-0.4, -0.2) is 66.3 Å². The lowest BCUT2D eigenvalue weighted by Crippen LogP contribution is -2.54. The zero-order valence-corrected chi connectivity index (χ0v) is 16.2. The second kappa shape index (κ2) is 7.38. The highest BCUT2D eigenvalue weighted by Gasteiger charge is 2.44. The van der Waals surface area contributed by atoms with Crippen LogP contribution in [0.25, 0.3) is 9.40 Å². The molecule has 142 valence electrons. The van der Waals surface area contributed by atoms with Crippen molar-refractivity contribution in [3.8, 4) is 0 Å². The molecular formula is C16H18ClF2N3O2S2. The molecule has 2 aromatic rings. The highest BCUT2D eigenvalue weighted by atomic mass is 35.5. The monoisotopic (exact) mass is 421 g/mol. The number of carbonyl (C=O) groups excluding carboxylic acids is 2. The van der Waals surface area contributed by atoms with E-state index >= 15 is 0 Å². The average molecular weight is 422 g/mol. The minimum atomic E-state index is -2.82. The van der Waals surface area contributed by atoms with Gasteiger partial charge in [-0.1, -0.05) is 0 Å². The molecule has 2 saturated heterocycles. The van der Waals surface area contributed by atoms with Gasteiger partial charge in [-0.15, -0.1) is 35.1 Å². The number of piperazine rings is 1. The van der Waals surface area contributed by atoms with E-state index in [1.165, 1.54) is 11.3 Å². The summed E-state index contributed by atoms with van der Waals surface area (Å²) in [6.07, 6.45) is -0.448. The van der Waals surface area contributed by atoms with Crippen molar-refractivity contribution in [3.05, 3.63) is 22.4 Å². The van der Waals surface area contributed by atoms with Crippen molar-refractivity contribution >= 4 is 56.3 Å². The summed E-state index contributed by atoms with van der Waals surface area (Å²) in [6.45, 7) is 1.18. The number of thiophene rings is 2. The molecule has 0 aliphatic carbocycles. The van der Waals surface area contributed by atoms with Gasteiger partial charge < -0.3 is 9.80 Å². The molecule has 4 rings (SSSR count). The first-order valence-electron chi connectivity index (χ1n) is 8.09. The van der Waals surface area contributed by atoms with Crippen LogP contribution in [0.2, 0.25) is 0 Å². The molecule has 5 nitrogen and oxygen atoms in total. The summed E-state index contributed by atoms with van der Waals surface area (Å²) < 4.78 is 28.7. The fourth-order valence-electron chi connectivity index (χ4n) is 3.27. The first-order valence-corrected chi connectivity index (χ1v) is 9.79. The number of alkyl halides is 2. The Morgan fingerprint density at radius 1 is 1.15 bits per heavy atom. The van der Waals surface area contributed by atoms with Crippen LogP contribution in [0, 0.1) is 0 Å². The number of halogens is 3. The van der Waals surface area contributed by atoms with Crippen LogP contribution in [0.15, 0.2) is 17.5 Å². The molecule has 1 atom stereocenters. The second-order valence-corrected chi connectivity index (χ2v) is 8.40. The molecular weight excluding hydrogens is 404 g/mol. The lowest BCUT2D eigenvalue weighted by atomic mass is 10.1. The van der Waals surface area contributed by atoms with Crippen molar-refractivity contribution in [1.82, 2.24) is 15.1 Å². The molecule has 2 aliphatic heterocycles. The van der Waals surface area contributed by atoms with E-state index in [1.807, 2.05) is 17.5 Å². The smallest absolute Gasteiger partial charge is 0.264 e. The third-order valence-corrected chi connectivity index (χ3v) is 6.72. The molecule has 4 heterocycles. The van der Waals surface area contributed by atoms with Gasteiger partial charge in [0.05, 0.1) is 17.5 Å². The van der Waals surface area contributed by atoms with Gasteiger partial charge in [0.2, 0.25) is 5.91 Å². The minimum absolute atomic E-state index is 0. The Kier molecular flexibility index (Phi) is 5.53. The Bertz CT molecular complexity index is 789. The van der Waals surface area contributed by atoms with E-state index in [9.17, 15) is 18.4 Å². The third kappa shape index (κ3) is 3.71. The summed E-state index contributed by atoms with van der Waals surface area (Å²) in [4.78, 5) is 29.0. The van der Waals surface area contributed by atoms with Gasteiger partial charge in [-0.2, -0.15) is 0 Å². The number of nitrogens with one attached hydrogen (secondary N) is 1. The van der Waals surface area contributed by atoms with E-state index < -0.39 is 24.9 Å². The number of fused-ring (bicyclic) bond motifs is 1. The maximum atomic E-state index is 13.3. The van der Waals surface area contributed by atoms with Crippen LogP contribution in [0.3, 0.4) is 0 Å². The average Bonchev–Trinajstić information content (AvgIpc) is 3.27. The van der Waals surface area contributed by atoms with Crippen LogP contribution in [0.4, 0.5) is 8.78 Å². The van der Waals surface area contributed by atoms with Crippen LogP contribution in [-0.2, 0) is 4.79 Å². The maximum absolute atomic E-state index is 13.3. The SMILES string of the molecule is Cl.O=C(c1cc2sccc2s1)N1CCN(C(=O)C2CC(F)(F)CN2)CC1. The quantitative estimate of drug-likeness (QED) is 0.811. The second-order valence-electron chi connectivity index (χ2n) is 6.37. The molecule has 0 aromatic carbocycles. The Labute approximate surface area is 163 Å². The van der Waals surface area contributed by atoms with E-state index in [0.29, 0.717) is 31.1 Å². The molecule has 0 radical (unpaired) electrons. The van der Waals surface area contributed by atoms with E-state index in [4.69, 9.17) is 0 Å². The summed E-state index contributed by atoms with van der Waals surface area (Å²) in [6, 6.07) is 3.10. The topological polar surface area (TPSA) is 52.7 Å². The number of hydrogen-bond acceptors (Lipinski definition) is 5. The normalized spacial score (nSPS) is 22.5. The van der Waals surface area contributed by atoms with E-state index in [2.05, 4.69) is 5.32 Å². The molecule has 0 bridgehead atoms. The van der Waals surface area contributed by atoms with Crippen molar-refractivity contribution in [2.45, 2.75) is 18.4 Å². The molecule has 0 saturated carbocycles. The first kappa shape index (κ1) is 19.5. The van der Waals surface area contributed by atoms with Gasteiger partial charge in [-0.3, -0.25) is 14.9 Å². The Hall–Kier alpha value is -1.29. The summed E-state index contributed by atoms with van der Waals surface area (Å²) in [5, 5.41) is 4.60. The van der Waals surface area contributed by atoms with Gasteiger partial charge in [0.25, 0.3) is 11.8 Å². The Morgan fingerprint density at radius 3 is 2.46 bits per heavy atom. The zero-order valence-electron chi connectivity index (χ0n) is 13.7. The third-order valence-electron chi connectivity index (χ3n) is 4.64. The molecule has 1 N–H and O–H groups in total. The van der Waals surface area contributed by atoms with E-state index in [-0.39, 0.29) is 24.2 Å². The summed E-state index contributed by atoms with van der Waals surface area (Å²) in [7, 11) is 0. The van der Waals surface area contributed by atoms with Crippen LogP contribution in [0.5, 0.6) is 0 Å². The van der Waals surface area contributed by atoms with Crippen molar-refractivity contribution < 1.29 is 18.4 Å². The lowest BCUT2D eigenvalue weighted by Gasteiger charge is -2.35. The van der Waals surface area contributed by atoms with Gasteiger partial charge >= 0.3 is 0 Å². The number of carbonyl (C=O) groups is 2. The van der Waals surface area contributed by atoms with E-state index in [1.54, 1.807) is 21.1 Å². The first-order chi connectivity index (χ1) is 11.9. The molecule has 0 spiro atoms. The zero-order chi connectivity index (χ0) is 17.6. The van der Waals surface area contributed by atoms with Crippen molar-refractivity contribution in [3.63, 3.8) is 0 Å². The lowest BCUT2D eigenvalue weighted by molar-refractivity contribution is -0.135. The van der Waals surface area contributed by atoms with Gasteiger partial charge in [-0.05, 0) is 17.5 Å². The molecule has 10 heteroatoms. The van der Waals surface area contributed by atoms with Crippen LogP contribution < -0.4 is 5.32 Å². The predicted octanol–water partition coefficient (Wildman–Crippen LogP) is 2.67. The Morgan fingerprint density at radius 2 is 1.85 bits per heavy atom. The Balaban J connectivity index is 0.00000196. The van der Waals surface area contributed by atoms with Crippen LogP contribution >= 0.6 is 35.1 Å². The fourth-order valence-corrected chi connectivity index (χ4v) is 5.34. The van der Waals surface area contributed by atoms with Gasteiger partial charge in [0.15, 0.2) is 0 Å².